The van der Waals surface area contributed by atoms with Gasteiger partial charge in [0.1, 0.15) is 73.2 Å². The molecule has 0 aromatic carbocycles. The van der Waals surface area contributed by atoms with Gasteiger partial charge in [0.05, 0.1) is 38.6 Å². The van der Waals surface area contributed by atoms with Crippen molar-refractivity contribution in [2.45, 2.75) is 465 Å². The summed E-state index contributed by atoms with van der Waals surface area (Å²) in [6.07, 6.45) is 50.4. The molecular weight excluding hydrogens is 1290 g/mol. The molecule has 17 unspecified atom stereocenters. The highest BCUT2D eigenvalue weighted by atomic mass is 16.8. The van der Waals surface area contributed by atoms with Gasteiger partial charge in [-0.2, -0.15) is 0 Å². The number of aliphatic hydroxyl groups excluding tert-OH is 11. The molecule has 596 valence electrons. The van der Waals surface area contributed by atoms with E-state index in [4.69, 9.17) is 28.4 Å². The predicted molar refractivity (Wildman–Crippen MR) is 402 cm³/mol. The van der Waals surface area contributed by atoms with E-state index in [9.17, 15) is 61.0 Å². The smallest absolute Gasteiger partial charge is 0.220 e. The third-order valence-electron chi connectivity index (χ3n) is 21.3. The molecular formula is C82H155NO18. The molecule has 0 aromatic heterocycles. The van der Waals surface area contributed by atoms with Gasteiger partial charge < -0.3 is 89.9 Å². The molecule has 1 amide bonds. The van der Waals surface area contributed by atoms with Crippen molar-refractivity contribution < 1.29 is 89.4 Å². The summed E-state index contributed by atoms with van der Waals surface area (Å²) in [6, 6.07) is -0.989. The molecule has 101 heavy (non-hydrogen) atoms. The molecule has 3 heterocycles. The molecule has 0 aromatic rings. The fourth-order valence-electron chi connectivity index (χ4n) is 14.5. The van der Waals surface area contributed by atoms with Gasteiger partial charge in [0, 0.05) is 6.42 Å². The number of nitrogens with one attached hydrogen (secondary N) is 1. The van der Waals surface area contributed by atoms with Gasteiger partial charge in [0.25, 0.3) is 0 Å². The second-order valence-electron chi connectivity index (χ2n) is 30.3. The molecule has 3 saturated heterocycles. The Kier molecular flexibility index (Phi) is 58.5. The molecule has 3 aliphatic heterocycles. The Bertz CT molecular complexity index is 1920. The van der Waals surface area contributed by atoms with Gasteiger partial charge in [-0.1, -0.05) is 346 Å². The Morgan fingerprint density at radius 2 is 0.634 bits per heavy atom. The van der Waals surface area contributed by atoms with Gasteiger partial charge in [0.15, 0.2) is 18.9 Å². The predicted octanol–water partition coefficient (Wildman–Crippen LogP) is 14.5. The van der Waals surface area contributed by atoms with Crippen molar-refractivity contribution in [1.29, 1.82) is 0 Å². The second-order valence-corrected chi connectivity index (χ2v) is 30.3. The van der Waals surface area contributed by atoms with Crippen LogP contribution in [0.1, 0.15) is 361 Å². The number of carbonyl (C=O) groups is 1. The van der Waals surface area contributed by atoms with Crippen LogP contribution >= 0.6 is 0 Å². The zero-order valence-corrected chi connectivity index (χ0v) is 63.9. The summed E-state index contributed by atoms with van der Waals surface area (Å²) in [6.45, 7) is 1.79. The van der Waals surface area contributed by atoms with Crippen LogP contribution < -0.4 is 5.32 Å². The maximum absolute atomic E-state index is 13.5. The van der Waals surface area contributed by atoms with Crippen LogP contribution in [0, 0.1) is 0 Å². The van der Waals surface area contributed by atoms with Crippen molar-refractivity contribution in [3.63, 3.8) is 0 Å². The summed E-state index contributed by atoms with van der Waals surface area (Å²) in [4.78, 5) is 13.5. The third kappa shape index (κ3) is 43.2. The van der Waals surface area contributed by atoms with Crippen molar-refractivity contribution >= 4 is 5.91 Å². The number of ether oxygens (including phenoxy) is 6. The molecule has 3 fully saturated rings. The highest BCUT2D eigenvalue weighted by Crippen LogP contribution is 2.33. The van der Waals surface area contributed by atoms with Gasteiger partial charge in [-0.15, -0.1) is 0 Å². The first-order valence-corrected chi connectivity index (χ1v) is 42.1. The number of hydrogen-bond acceptors (Lipinski definition) is 18. The molecule has 0 bridgehead atoms. The van der Waals surface area contributed by atoms with Gasteiger partial charge in [-0.3, -0.25) is 4.79 Å². The quantitative estimate of drug-likeness (QED) is 0.0199. The van der Waals surface area contributed by atoms with Crippen LogP contribution in [0.25, 0.3) is 0 Å². The van der Waals surface area contributed by atoms with E-state index in [-0.39, 0.29) is 18.9 Å². The van der Waals surface area contributed by atoms with Crippen molar-refractivity contribution in [1.82, 2.24) is 5.32 Å². The van der Waals surface area contributed by atoms with Gasteiger partial charge in [0.2, 0.25) is 5.91 Å². The van der Waals surface area contributed by atoms with Crippen LogP contribution in [0.4, 0.5) is 0 Å². The second kappa shape index (κ2) is 63.2. The number of rotatable bonds is 68. The van der Waals surface area contributed by atoms with E-state index in [0.717, 1.165) is 38.5 Å². The topological polar surface area (TPSA) is 307 Å². The standard InChI is InChI=1S/C82H155NO18/c1-3-5-7-9-11-13-15-17-19-21-23-25-27-29-31-33-35-37-39-41-43-45-47-49-51-53-55-57-59-66(87)65(83-70(88)60-58-56-54-52-50-48-46-44-42-40-38-36-34-32-30-28-26-24-22-20-18-16-14-12-10-8-6-4-2)64-96-80-76(94)73(91)78(68(62-85)98-80)101-82-77(95)74(92)79(69(63-86)99-82)100-81-75(93)72(90)71(89)67(61-84)97-81/h49,51,57,59,65-69,71-82,84-87,89-95H,3-48,50,52-56,58,60-64H2,1-2H3,(H,83,88)/b51-49+,59-57+. The van der Waals surface area contributed by atoms with Crippen molar-refractivity contribution in [2.75, 3.05) is 26.4 Å². The number of aliphatic hydroxyl groups is 11. The zero-order valence-electron chi connectivity index (χ0n) is 63.9. The average molecular weight is 1440 g/mol. The lowest BCUT2D eigenvalue weighted by Gasteiger charge is -2.48. The minimum atomic E-state index is -1.98. The van der Waals surface area contributed by atoms with Crippen LogP contribution in [-0.4, -0.2) is 193 Å². The number of amides is 1. The molecule has 0 aliphatic carbocycles. The SMILES string of the molecule is CCCCCCCCCCCCCCCCCCCCCCCC/C=C/CC/C=C/C(O)C(COC1OC(CO)C(OC2OC(CO)C(OC3OC(CO)C(O)C(O)C3O)C(O)C2O)C(O)C1O)NC(=O)CCCCCCCCCCCCCCCCCCCCCCCCCCCCCC. The van der Waals surface area contributed by atoms with Crippen LogP contribution in [-0.2, 0) is 33.2 Å². The van der Waals surface area contributed by atoms with Crippen LogP contribution in [0.5, 0.6) is 0 Å². The summed E-state index contributed by atoms with van der Waals surface area (Å²) in [5.41, 5.74) is 0. The minimum absolute atomic E-state index is 0.241. The molecule has 0 radical (unpaired) electrons. The van der Waals surface area contributed by atoms with Crippen LogP contribution in [0.15, 0.2) is 24.3 Å². The lowest BCUT2D eigenvalue weighted by molar-refractivity contribution is -0.379. The summed E-state index contributed by atoms with van der Waals surface area (Å²) in [5.74, 6) is -0.277. The van der Waals surface area contributed by atoms with E-state index < -0.39 is 124 Å². The van der Waals surface area contributed by atoms with Gasteiger partial charge >= 0.3 is 0 Å². The monoisotopic (exact) mass is 1440 g/mol. The number of hydrogen-bond donors (Lipinski definition) is 12. The molecule has 3 aliphatic rings. The molecule has 0 spiro atoms. The summed E-state index contributed by atoms with van der Waals surface area (Å²) in [7, 11) is 0. The molecule has 3 rings (SSSR count). The van der Waals surface area contributed by atoms with Crippen LogP contribution in [0.3, 0.4) is 0 Å². The Morgan fingerprint density at radius 3 is 0.990 bits per heavy atom. The van der Waals surface area contributed by atoms with E-state index in [0.29, 0.717) is 12.8 Å². The summed E-state index contributed by atoms with van der Waals surface area (Å²) < 4.78 is 34.5. The molecule has 19 nitrogen and oxygen atoms in total. The fourth-order valence-corrected chi connectivity index (χ4v) is 14.5. The molecule has 0 saturated carbocycles. The molecule has 12 N–H and O–H groups in total. The number of carbonyl (C=O) groups excluding carboxylic acids is 1. The Hall–Kier alpha value is -1.73. The lowest BCUT2D eigenvalue weighted by atomic mass is 9.96. The highest BCUT2D eigenvalue weighted by molar-refractivity contribution is 5.76. The first-order chi connectivity index (χ1) is 49.3. The third-order valence-corrected chi connectivity index (χ3v) is 21.3. The maximum atomic E-state index is 13.5. The van der Waals surface area contributed by atoms with Crippen molar-refractivity contribution in [2.24, 2.45) is 0 Å². The minimum Gasteiger partial charge on any atom is -0.394 e. The molecule has 19 heteroatoms. The zero-order chi connectivity index (χ0) is 73.2. The normalized spacial score (nSPS) is 26.4. The highest BCUT2D eigenvalue weighted by Gasteiger charge is 2.54. The number of allylic oxidation sites excluding steroid dienone is 3. The fraction of sp³-hybridized carbons (Fsp3) is 0.939. The number of unbranched alkanes of at least 4 members (excludes halogenated alkanes) is 50. The summed E-state index contributed by atoms with van der Waals surface area (Å²) >= 11 is 0. The van der Waals surface area contributed by atoms with E-state index in [1.807, 2.05) is 6.08 Å². The Morgan fingerprint density at radius 1 is 0.347 bits per heavy atom. The first-order valence-electron chi connectivity index (χ1n) is 42.1. The van der Waals surface area contributed by atoms with Gasteiger partial charge in [-0.25, -0.2) is 0 Å². The van der Waals surface area contributed by atoms with Crippen molar-refractivity contribution in [3.05, 3.63) is 24.3 Å². The van der Waals surface area contributed by atoms with Crippen molar-refractivity contribution in [3.8, 4) is 0 Å². The van der Waals surface area contributed by atoms with E-state index in [1.165, 1.54) is 289 Å². The molecule has 17 atom stereocenters. The largest absolute Gasteiger partial charge is 0.394 e. The first kappa shape index (κ1) is 93.5. The average Bonchev–Trinajstić information content (AvgIpc) is 0.782. The lowest BCUT2D eigenvalue weighted by Crippen LogP contribution is -2.66. The van der Waals surface area contributed by atoms with E-state index >= 15 is 0 Å². The van der Waals surface area contributed by atoms with E-state index in [2.05, 4.69) is 31.3 Å². The van der Waals surface area contributed by atoms with Crippen LogP contribution in [0.2, 0.25) is 0 Å². The Balaban J connectivity index is 1.37. The Labute approximate surface area is 613 Å². The van der Waals surface area contributed by atoms with E-state index in [1.54, 1.807) is 6.08 Å². The summed E-state index contributed by atoms with van der Waals surface area (Å²) in [5, 5.41) is 121. The maximum Gasteiger partial charge on any atom is 0.220 e. The van der Waals surface area contributed by atoms with Gasteiger partial charge in [-0.05, 0) is 32.1 Å².